The lowest BCUT2D eigenvalue weighted by molar-refractivity contribution is 0.378. The molecule has 6 heteroatoms. The van der Waals surface area contributed by atoms with E-state index in [1.165, 1.54) is 6.33 Å². The maximum atomic E-state index is 5.64. The summed E-state index contributed by atoms with van der Waals surface area (Å²) >= 11 is 1.16. The fourth-order valence-electron chi connectivity index (χ4n) is 1.08. The molecule has 0 unspecified atom stereocenters. The maximum absolute atomic E-state index is 5.64. The van der Waals surface area contributed by atoms with E-state index in [1.54, 1.807) is 25.3 Å². The fourth-order valence-corrected chi connectivity index (χ4v) is 1.48. The molecular formula is C9H9N3O2S. The molecule has 1 aromatic heterocycles. The molecule has 1 heterocycles. The van der Waals surface area contributed by atoms with Gasteiger partial charge in [-0.05, 0) is 12.1 Å². The normalized spacial score (nSPS) is 9.93. The van der Waals surface area contributed by atoms with Crippen molar-refractivity contribution in [3.63, 3.8) is 0 Å². The van der Waals surface area contributed by atoms with Crippen LogP contribution in [0.3, 0.4) is 0 Å². The minimum absolute atomic E-state index is 0.457. The van der Waals surface area contributed by atoms with E-state index in [4.69, 9.17) is 15.2 Å². The van der Waals surface area contributed by atoms with Crippen molar-refractivity contribution >= 4 is 17.2 Å². The van der Waals surface area contributed by atoms with Crippen LogP contribution < -0.4 is 15.2 Å². The smallest absolute Gasteiger partial charge is 0.298 e. The number of nitrogen functional groups attached to an aromatic ring is 1. The van der Waals surface area contributed by atoms with E-state index < -0.39 is 0 Å². The number of aromatic nitrogens is 2. The number of hydrogen-bond acceptors (Lipinski definition) is 6. The Morgan fingerprint density at radius 2 is 2.20 bits per heavy atom. The molecule has 0 aliphatic carbocycles. The van der Waals surface area contributed by atoms with Crippen LogP contribution in [0.5, 0.6) is 16.7 Å². The molecule has 15 heavy (non-hydrogen) atoms. The number of methoxy groups -OCH3 is 1. The van der Waals surface area contributed by atoms with Crippen molar-refractivity contribution in [3.05, 3.63) is 24.5 Å². The van der Waals surface area contributed by atoms with Crippen LogP contribution in [0, 0.1) is 0 Å². The molecule has 0 bridgehead atoms. The Balaban J connectivity index is 2.30. The zero-order valence-electron chi connectivity index (χ0n) is 8.01. The summed E-state index contributed by atoms with van der Waals surface area (Å²) in [4.78, 5) is 3.91. The van der Waals surface area contributed by atoms with Gasteiger partial charge in [-0.15, -0.1) is 0 Å². The van der Waals surface area contributed by atoms with Gasteiger partial charge in [0.05, 0.1) is 7.11 Å². The predicted molar refractivity (Wildman–Crippen MR) is 57.4 cm³/mol. The Kier molecular flexibility index (Phi) is 2.68. The summed E-state index contributed by atoms with van der Waals surface area (Å²) in [7, 11) is 1.57. The zero-order chi connectivity index (χ0) is 10.7. The Morgan fingerprint density at radius 3 is 2.87 bits per heavy atom. The molecule has 0 fully saturated rings. The molecule has 0 aliphatic rings. The number of anilines is 1. The molecular weight excluding hydrogens is 214 g/mol. The molecule has 0 saturated carbocycles. The first-order valence-corrected chi connectivity index (χ1v) is 4.95. The summed E-state index contributed by atoms with van der Waals surface area (Å²) in [6.07, 6.45) is 1.43. The molecule has 2 rings (SSSR count). The van der Waals surface area contributed by atoms with Crippen LogP contribution >= 0.6 is 11.5 Å². The second-order valence-electron chi connectivity index (χ2n) is 2.72. The van der Waals surface area contributed by atoms with Crippen molar-refractivity contribution in [3.8, 4) is 16.7 Å². The lowest BCUT2D eigenvalue weighted by atomic mass is 10.3. The Morgan fingerprint density at radius 1 is 1.33 bits per heavy atom. The molecule has 0 spiro atoms. The van der Waals surface area contributed by atoms with Crippen LogP contribution in [0.4, 0.5) is 5.69 Å². The molecule has 1 aromatic carbocycles. The average Bonchev–Trinajstić information content (AvgIpc) is 2.71. The van der Waals surface area contributed by atoms with Gasteiger partial charge in [-0.1, -0.05) is 0 Å². The highest BCUT2D eigenvalue weighted by molar-refractivity contribution is 7.07. The summed E-state index contributed by atoms with van der Waals surface area (Å²) < 4.78 is 14.4. The lowest BCUT2D eigenvalue weighted by Crippen LogP contribution is -1.92. The minimum Gasteiger partial charge on any atom is -0.493 e. The number of nitrogens with two attached hydrogens (primary N) is 1. The summed E-state index contributed by atoms with van der Waals surface area (Å²) in [6.45, 7) is 0. The zero-order valence-corrected chi connectivity index (χ0v) is 8.82. The van der Waals surface area contributed by atoms with Gasteiger partial charge < -0.3 is 15.2 Å². The van der Waals surface area contributed by atoms with Crippen LogP contribution in [0.15, 0.2) is 24.5 Å². The molecule has 0 aliphatic heterocycles. The number of nitrogens with zero attached hydrogens (tertiary/aromatic N) is 2. The SMILES string of the molecule is COc1ccc(N)cc1Oc1ncns1. The van der Waals surface area contributed by atoms with Gasteiger partial charge in [0.25, 0.3) is 5.19 Å². The van der Waals surface area contributed by atoms with Gasteiger partial charge in [0, 0.05) is 23.3 Å². The molecule has 0 saturated heterocycles. The molecule has 2 aromatic rings. The molecule has 0 amide bonds. The molecule has 2 N–H and O–H groups in total. The topological polar surface area (TPSA) is 70.3 Å². The van der Waals surface area contributed by atoms with Crippen molar-refractivity contribution in [1.82, 2.24) is 9.36 Å². The maximum Gasteiger partial charge on any atom is 0.298 e. The first kappa shape index (κ1) is 9.72. The highest BCUT2D eigenvalue weighted by atomic mass is 32.1. The second kappa shape index (κ2) is 4.14. The third kappa shape index (κ3) is 2.16. The van der Waals surface area contributed by atoms with Gasteiger partial charge in [-0.25, -0.2) is 0 Å². The number of rotatable bonds is 3. The van der Waals surface area contributed by atoms with Gasteiger partial charge in [0.2, 0.25) is 0 Å². The Labute approximate surface area is 90.6 Å². The van der Waals surface area contributed by atoms with Crippen molar-refractivity contribution < 1.29 is 9.47 Å². The molecule has 5 nitrogen and oxygen atoms in total. The van der Waals surface area contributed by atoms with E-state index in [-0.39, 0.29) is 0 Å². The first-order chi connectivity index (χ1) is 7.29. The number of benzene rings is 1. The molecule has 78 valence electrons. The number of ether oxygens (including phenoxy) is 2. The van der Waals surface area contributed by atoms with Crippen molar-refractivity contribution in [2.45, 2.75) is 0 Å². The largest absolute Gasteiger partial charge is 0.493 e. The minimum atomic E-state index is 0.457. The first-order valence-electron chi connectivity index (χ1n) is 4.17. The van der Waals surface area contributed by atoms with Crippen LogP contribution in [0.1, 0.15) is 0 Å². The highest BCUT2D eigenvalue weighted by Gasteiger charge is 2.07. The van der Waals surface area contributed by atoms with Crippen LogP contribution in [0.2, 0.25) is 0 Å². The number of hydrogen-bond donors (Lipinski definition) is 1. The Hall–Kier alpha value is -1.82. The highest BCUT2D eigenvalue weighted by Crippen LogP contribution is 2.33. The van der Waals surface area contributed by atoms with Gasteiger partial charge in [0.15, 0.2) is 11.5 Å². The van der Waals surface area contributed by atoms with Crippen molar-refractivity contribution in [2.75, 3.05) is 12.8 Å². The monoisotopic (exact) mass is 223 g/mol. The van der Waals surface area contributed by atoms with E-state index in [0.717, 1.165) is 11.5 Å². The Bertz CT molecular complexity index is 445. The van der Waals surface area contributed by atoms with Gasteiger partial charge >= 0.3 is 0 Å². The van der Waals surface area contributed by atoms with Crippen molar-refractivity contribution in [2.24, 2.45) is 0 Å². The second-order valence-corrected chi connectivity index (χ2v) is 3.46. The quantitative estimate of drug-likeness (QED) is 0.805. The summed E-state index contributed by atoms with van der Waals surface area (Å²) in [5.41, 5.74) is 6.25. The van der Waals surface area contributed by atoms with Crippen LogP contribution in [-0.2, 0) is 0 Å². The van der Waals surface area contributed by atoms with Crippen molar-refractivity contribution in [1.29, 1.82) is 0 Å². The average molecular weight is 223 g/mol. The summed E-state index contributed by atoms with van der Waals surface area (Å²) in [5, 5.41) is 0.457. The van der Waals surface area contributed by atoms with E-state index in [2.05, 4.69) is 9.36 Å². The third-order valence-electron chi connectivity index (χ3n) is 1.73. The lowest BCUT2D eigenvalue weighted by Gasteiger charge is -2.07. The standard InChI is InChI=1S/C9H9N3O2S/c1-13-7-3-2-6(10)4-8(7)14-9-11-5-12-15-9/h2-5H,10H2,1H3. The van der Waals surface area contributed by atoms with Crippen LogP contribution in [-0.4, -0.2) is 16.5 Å². The van der Waals surface area contributed by atoms with E-state index >= 15 is 0 Å². The van der Waals surface area contributed by atoms with Gasteiger partial charge in [-0.2, -0.15) is 9.36 Å². The molecule has 0 radical (unpaired) electrons. The molecule has 0 atom stereocenters. The third-order valence-corrected chi connectivity index (χ3v) is 2.27. The summed E-state index contributed by atoms with van der Waals surface area (Å²) in [5.74, 6) is 1.15. The van der Waals surface area contributed by atoms with Gasteiger partial charge in [0.1, 0.15) is 6.33 Å². The van der Waals surface area contributed by atoms with Crippen LogP contribution in [0.25, 0.3) is 0 Å². The van der Waals surface area contributed by atoms with E-state index in [9.17, 15) is 0 Å². The van der Waals surface area contributed by atoms with E-state index in [0.29, 0.717) is 22.4 Å². The summed E-state index contributed by atoms with van der Waals surface area (Å²) in [6, 6.07) is 5.16. The fraction of sp³-hybridized carbons (Fsp3) is 0.111. The van der Waals surface area contributed by atoms with Gasteiger partial charge in [-0.3, -0.25) is 0 Å². The van der Waals surface area contributed by atoms with E-state index in [1.807, 2.05) is 0 Å². The predicted octanol–water partition coefficient (Wildman–Crippen LogP) is 1.92.